The first-order chi connectivity index (χ1) is 6.81. The molecule has 2 heteroatoms. The number of hydrogen-bond donors (Lipinski definition) is 1. The first-order valence-corrected chi connectivity index (χ1v) is 6.41. The van der Waals surface area contributed by atoms with Gasteiger partial charge in [0, 0.05) is 9.61 Å². The molecule has 1 aromatic rings. The fourth-order valence-corrected chi connectivity index (χ4v) is 2.77. The van der Waals surface area contributed by atoms with Gasteiger partial charge in [-0.1, -0.05) is 19.1 Å². The van der Waals surface area contributed by atoms with Crippen molar-refractivity contribution < 1.29 is 0 Å². The second-order valence-corrected chi connectivity index (χ2v) is 5.02. The first-order valence-electron chi connectivity index (χ1n) is 5.33. The third kappa shape index (κ3) is 2.11. The number of benzene rings is 1. The molecule has 0 saturated carbocycles. The smallest absolute Gasteiger partial charge is 0.0320 e. The number of rotatable bonds is 2. The first kappa shape index (κ1) is 10.4. The molecule has 1 aliphatic heterocycles. The van der Waals surface area contributed by atoms with Crippen LogP contribution in [-0.4, -0.2) is 6.54 Å². The average Bonchev–Trinajstić information content (AvgIpc) is 2.71. The molecule has 0 bridgehead atoms. The molecule has 0 amide bonds. The minimum atomic E-state index is 0.609. The lowest BCUT2D eigenvalue weighted by atomic mass is 10.0. The van der Waals surface area contributed by atoms with E-state index in [0.29, 0.717) is 6.04 Å². The maximum atomic E-state index is 3.54. The molecule has 1 aromatic carbocycles. The highest BCUT2D eigenvalue weighted by molar-refractivity contribution is 14.1. The van der Waals surface area contributed by atoms with E-state index >= 15 is 0 Å². The highest BCUT2D eigenvalue weighted by atomic mass is 127. The second kappa shape index (κ2) is 4.62. The summed E-state index contributed by atoms with van der Waals surface area (Å²) < 4.78 is 1.40. The van der Waals surface area contributed by atoms with Crippen LogP contribution in [0.2, 0.25) is 0 Å². The lowest BCUT2D eigenvalue weighted by Gasteiger charge is -2.12. The van der Waals surface area contributed by atoms with Gasteiger partial charge in [-0.15, -0.1) is 0 Å². The summed E-state index contributed by atoms with van der Waals surface area (Å²) in [6.45, 7) is 3.40. The average molecular weight is 301 g/mol. The summed E-state index contributed by atoms with van der Waals surface area (Å²) in [7, 11) is 0. The van der Waals surface area contributed by atoms with E-state index in [-0.39, 0.29) is 0 Å². The summed E-state index contributed by atoms with van der Waals surface area (Å²) in [5.74, 6) is 0. The molecule has 0 spiro atoms. The number of halogens is 1. The summed E-state index contributed by atoms with van der Waals surface area (Å²) >= 11 is 2.42. The van der Waals surface area contributed by atoms with Crippen LogP contribution >= 0.6 is 22.6 Å². The molecule has 1 atom stereocenters. The van der Waals surface area contributed by atoms with Crippen molar-refractivity contribution in [3.05, 3.63) is 32.9 Å². The maximum Gasteiger partial charge on any atom is 0.0320 e. The van der Waals surface area contributed by atoms with Gasteiger partial charge in [-0.2, -0.15) is 0 Å². The highest BCUT2D eigenvalue weighted by Crippen LogP contribution is 2.25. The topological polar surface area (TPSA) is 12.0 Å². The molecule has 1 N–H and O–H groups in total. The van der Waals surface area contributed by atoms with E-state index in [4.69, 9.17) is 0 Å². The molecule has 1 aliphatic rings. The molecule has 0 radical (unpaired) electrons. The van der Waals surface area contributed by atoms with Gasteiger partial charge in [0.05, 0.1) is 0 Å². The fraction of sp³-hybridized carbons (Fsp3) is 0.500. The number of nitrogens with one attached hydrogen (secondary N) is 1. The molecule has 1 heterocycles. The molecule has 1 nitrogen and oxygen atoms in total. The lowest BCUT2D eigenvalue weighted by molar-refractivity contribution is 0.646. The molecule has 1 fully saturated rings. The van der Waals surface area contributed by atoms with E-state index in [1.807, 2.05) is 0 Å². The molecular weight excluding hydrogens is 285 g/mol. The monoisotopic (exact) mass is 301 g/mol. The maximum absolute atomic E-state index is 3.54. The van der Waals surface area contributed by atoms with Crippen molar-refractivity contribution in [2.45, 2.75) is 32.2 Å². The summed E-state index contributed by atoms with van der Waals surface area (Å²) in [6.07, 6.45) is 3.75. The third-order valence-electron chi connectivity index (χ3n) is 2.91. The van der Waals surface area contributed by atoms with Gasteiger partial charge in [-0.25, -0.2) is 0 Å². The van der Waals surface area contributed by atoms with Crippen LogP contribution in [0.1, 0.15) is 36.9 Å². The van der Waals surface area contributed by atoms with Crippen LogP contribution in [0.3, 0.4) is 0 Å². The zero-order valence-corrected chi connectivity index (χ0v) is 10.7. The van der Waals surface area contributed by atoms with Crippen LogP contribution < -0.4 is 5.32 Å². The Balaban J connectivity index is 2.25. The van der Waals surface area contributed by atoms with Gasteiger partial charge >= 0.3 is 0 Å². The fourth-order valence-electron chi connectivity index (χ4n) is 2.05. The molecule has 76 valence electrons. The van der Waals surface area contributed by atoms with Crippen LogP contribution in [0.5, 0.6) is 0 Å². The van der Waals surface area contributed by atoms with Crippen LogP contribution in [0.25, 0.3) is 0 Å². The molecular formula is C12H16IN. The van der Waals surface area contributed by atoms with Crippen LogP contribution in [0.4, 0.5) is 0 Å². The van der Waals surface area contributed by atoms with Gasteiger partial charge < -0.3 is 5.32 Å². The third-order valence-corrected chi connectivity index (χ3v) is 3.97. The molecule has 0 aliphatic carbocycles. The zero-order valence-electron chi connectivity index (χ0n) is 8.52. The Morgan fingerprint density at radius 3 is 3.00 bits per heavy atom. The van der Waals surface area contributed by atoms with Gasteiger partial charge in [0.15, 0.2) is 0 Å². The standard InChI is InChI=1S/C12H16IN/c1-2-9-8-10(5-6-11(9)13)12-4-3-7-14-12/h5-6,8,12,14H,2-4,7H2,1H3/t12-/m0/s1. The predicted octanol–water partition coefficient (Wildman–Crippen LogP) is 3.28. The van der Waals surface area contributed by atoms with Gasteiger partial charge in [-0.3, -0.25) is 0 Å². The van der Waals surface area contributed by atoms with E-state index in [9.17, 15) is 0 Å². The van der Waals surface area contributed by atoms with Crippen LogP contribution in [0.15, 0.2) is 18.2 Å². The Kier molecular flexibility index (Phi) is 3.44. The van der Waals surface area contributed by atoms with Crippen molar-refractivity contribution in [2.75, 3.05) is 6.54 Å². The SMILES string of the molecule is CCc1cc([C@@H]2CCCN2)ccc1I. The van der Waals surface area contributed by atoms with Crippen molar-refractivity contribution in [3.63, 3.8) is 0 Å². The highest BCUT2D eigenvalue weighted by Gasteiger charge is 2.16. The molecule has 14 heavy (non-hydrogen) atoms. The second-order valence-electron chi connectivity index (χ2n) is 3.85. The normalized spacial score (nSPS) is 21.4. The zero-order chi connectivity index (χ0) is 9.97. The molecule has 2 rings (SSSR count). The van der Waals surface area contributed by atoms with Crippen molar-refractivity contribution in [2.24, 2.45) is 0 Å². The number of hydrogen-bond acceptors (Lipinski definition) is 1. The molecule has 0 aromatic heterocycles. The van der Waals surface area contributed by atoms with Crippen molar-refractivity contribution in [1.29, 1.82) is 0 Å². The van der Waals surface area contributed by atoms with E-state index in [1.54, 1.807) is 0 Å². The Morgan fingerprint density at radius 2 is 2.36 bits per heavy atom. The van der Waals surface area contributed by atoms with Crippen LogP contribution in [-0.2, 0) is 6.42 Å². The quantitative estimate of drug-likeness (QED) is 0.827. The van der Waals surface area contributed by atoms with Crippen molar-refractivity contribution in [3.8, 4) is 0 Å². The van der Waals surface area contributed by atoms with E-state index < -0.39 is 0 Å². The largest absolute Gasteiger partial charge is 0.310 e. The predicted molar refractivity (Wildman–Crippen MR) is 68.5 cm³/mol. The Bertz CT molecular complexity index is 316. The lowest BCUT2D eigenvalue weighted by Crippen LogP contribution is -2.13. The van der Waals surface area contributed by atoms with Gasteiger partial charge in [-0.05, 0) is 65.6 Å². The van der Waals surface area contributed by atoms with E-state index in [1.165, 1.54) is 34.1 Å². The summed E-state index contributed by atoms with van der Waals surface area (Å²) in [5, 5.41) is 3.54. The van der Waals surface area contributed by atoms with E-state index in [0.717, 1.165) is 6.42 Å². The van der Waals surface area contributed by atoms with Crippen molar-refractivity contribution in [1.82, 2.24) is 5.32 Å². The van der Waals surface area contributed by atoms with Gasteiger partial charge in [0.25, 0.3) is 0 Å². The minimum Gasteiger partial charge on any atom is -0.310 e. The van der Waals surface area contributed by atoms with E-state index in [2.05, 4.69) is 53.0 Å². The summed E-state index contributed by atoms with van der Waals surface area (Å²) in [6, 6.07) is 7.49. The van der Waals surface area contributed by atoms with Gasteiger partial charge in [0.2, 0.25) is 0 Å². The minimum absolute atomic E-state index is 0.609. The Hall–Kier alpha value is -0.0900. The van der Waals surface area contributed by atoms with Gasteiger partial charge in [0.1, 0.15) is 0 Å². The van der Waals surface area contributed by atoms with Crippen molar-refractivity contribution >= 4 is 22.6 Å². The molecule has 0 unspecified atom stereocenters. The van der Waals surface area contributed by atoms with Crippen LogP contribution in [0, 0.1) is 3.57 Å². The Morgan fingerprint density at radius 1 is 1.50 bits per heavy atom. The Labute approximate surface area is 99.4 Å². The number of aryl methyl sites for hydroxylation is 1. The summed E-state index contributed by atoms with van der Waals surface area (Å²) in [4.78, 5) is 0. The molecule has 1 saturated heterocycles. The summed E-state index contributed by atoms with van der Waals surface area (Å²) in [5.41, 5.74) is 2.96.